The number of ether oxygens (including phenoxy) is 1. The van der Waals surface area contributed by atoms with Crippen LogP contribution in [0.3, 0.4) is 0 Å². The summed E-state index contributed by atoms with van der Waals surface area (Å²) in [7, 11) is 0. The van der Waals surface area contributed by atoms with Crippen LogP contribution in [-0.4, -0.2) is 31.5 Å². The van der Waals surface area contributed by atoms with Gasteiger partial charge in [-0.3, -0.25) is 9.59 Å². The lowest BCUT2D eigenvalue weighted by atomic mass is 10.1. The zero-order valence-corrected chi connectivity index (χ0v) is 17.8. The maximum absolute atomic E-state index is 13.1. The van der Waals surface area contributed by atoms with Crippen molar-refractivity contribution in [3.05, 3.63) is 59.1 Å². The second-order valence-corrected chi connectivity index (χ2v) is 7.95. The average molecular weight is 425 g/mol. The molecule has 2 aromatic carbocycles. The van der Waals surface area contributed by atoms with E-state index >= 15 is 0 Å². The highest BCUT2D eigenvalue weighted by molar-refractivity contribution is 6.60. The Balaban J connectivity index is 1.54. The minimum atomic E-state index is -0.492. The fraction of sp³-hybridized carbons (Fsp3) is 0.333. The van der Waals surface area contributed by atoms with Gasteiger partial charge in [0.2, 0.25) is 0 Å². The summed E-state index contributed by atoms with van der Waals surface area (Å²) in [4.78, 5) is 29.4. The lowest BCUT2D eigenvalue weighted by molar-refractivity contribution is -0.119. The van der Waals surface area contributed by atoms with Crippen LogP contribution in [0.4, 0.5) is 11.4 Å². The number of hydrogen-bond donors (Lipinski definition) is 0. The van der Waals surface area contributed by atoms with Gasteiger partial charge >= 0.3 is 0 Å². The molecular weight excluding hydrogens is 400 g/mol. The Labute approximate surface area is 181 Å². The number of hydrogen-bond acceptors (Lipinski definition) is 4. The van der Waals surface area contributed by atoms with Gasteiger partial charge in [-0.2, -0.15) is 0 Å². The van der Waals surface area contributed by atoms with Crippen molar-refractivity contribution in [2.24, 2.45) is 0 Å². The van der Waals surface area contributed by atoms with Crippen molar-refractivity contribution in [1.29, 1.82) is 0 Å². The molecule has 5 nitrogen and oxygen atoms in total. The number of benzene rings is 2. The van der Waals surface area contributed by atoms with Crippen LogP contribution in [0.1, 0.15) is 38.2 Å². The van der Waals surface area contributed by atoms with Gasteiger partial charge in [-0.15, -0.1) is 0 Å². The molecule has 0 aromatic heterocycles. The lowest BCUT2D eigenvalue weighted by Crippen LogP contribution is -2.31. The highest BCUT2D eigenvalue weighted by atomic mass is 35.5. The molecule has 1 saturated heterocycles. The largest absolute Gasteiger partial charge is 0.494 e. The summed E-state index contributed by atoms with van der Waals surface area (Å²) in [5.41, 5.74) is 2.47. The quantitative estimate of drug-likeness (QED) is 0.613. The van der Waals surface area contributed by atoms with E-state index in [1.807, 2.05) is 31.2 Å². The molecule has 1 fully saturated rings. The van der Waals surface area contributed by atoms with E-state index in [1.165, 1.54) is 19.3 Å². The van der Waals surface area contributed by atoms with E-state index in [2.05, 4.69) is 4.90 Å². The molecule has 4 rings (SSSR count). The predicted molar refractivity (Wildman–Crippen MR) is 120 cm³/mol. The van der Waals surface area contributed by atoms with Crippen LogP contribution in [0.25, 0.3) is 5.57 Å². The van der Waals surface area contributed by atoms with Crippen molar-refractivity contribution >= 4 is 40.4 Å². The summed E-state index contributed by atoms with van der Waals surface area (Å²) in [5.74, 6) is -0.175. The first kappa shape index (κ1) is 20.5. The summed E-state index contributed by atoms with van der Waals surface area (Å²) < 4.78 is 5.58. The van der Waals surface area contributed by atoms with E-state index in [0.717, 1.165) is 35.8 Å². The van der Waals surface area contributed by atoms with Crippen molar-refractivity contribution in [2.75, 3.05) is 29.5 Å². The number of imide groups is 1. The average Bonchev–Trinajstić information content (AvgIpc) is 3.01. The van der Waals surface area contributed by atoms with Crippen LogP contribution >= 0.6 is 11.6 Å². The molecule has 6 heteroatoms. The molecule has 0 spiro atoms. The fourth-order valence-corrected chi connectivity index (χ4v) is 4.16. The third kappa shape index (κ3) is 3.94. The van der Waals surface area contributed by atoms with E-state index in [4.69, 9.17) is 16.3 Å². The van der Waals surface area contributed by atoms with Gasteiger partial charge in [-0.25, -0.2) is 4.90 Å². The third-order valence-electron chi connectivity index (χ3n) is 5.47. The van der Waals surface area contributed by atoms with Gasteiger partial charge in [0.15, 0.2) is 0 Å². The minimum absolute atomic E-state index is 0.0534. The number of carbonyl (C=O) groups is 2. The second kappa shape index (κ2) is 8.92. The summed E-state index contributed by atoms with van der Waals surface area (Å²) in [6, 6.07) is 14.7. The first-order valence-electron chi connectivity index (χ1n) is 10.5. The smallest absolute Gasteiger partial charge is 0.277 e. The fourth-order valence-electron chi connectivity index (χ4n) is 3.89. The van der Waals surface area contributed by atoms with Crippen LogP contribution in [0.15, 0.2) is 53.6 Å². The molecule has 2 aliphatic heterocycles. The van der Waals surface area contributed by atoms with E-state index in [1.54, 1.807) is 24.3 Å². The number of anilines is 2. The van der Waals surface area contributed by atoms with Gasteiger partial charge in [-0.1, -0.05) is 30.7 Å². The molecule has 0 atom stereocenters. The summed E-state index contributed by atoms with van der Waals surface area (Å²) in [6.45, 7) is 4.74. The zero-order chi connectivity index (χ0) is 21.1. The monoisotopic (exact) mass is 424 g/mol. The van der Waals surface area contributed by atoms with E-state index in [0.29, 0.717) is 17.9 Å². The number of halogens is 1. The molecule has 30 heavy (non-hydrogen) atoms. The maximum atomic E-state index is 13.1. The van der Waals surface area contributed by atoms with Crippen LogP contribution in [0.2, 0.25) is 0 Å². The Kier molecular flexibility index (Phi) is 6.09. The van der Waals surface area contributed by atoms with E-state index in [9.17, 15) is 9.59 Å². The molecule has 0 aliphatic carbocycles. The Morgan fingerprint density at radius 2 is 1.50 bits per heavy atom. The molecule has 2 heterocycles. The Morgan fingerprint density at radius 1 is 0.867 bits per heavy atom. The van der Waals surface area contributed by atoms with Crippen molar-refractivity contribution < 1.29 is 14.3 Å². The SMILES string of the molecule is CCCOc1ccc(C2=C(Cl)C(=O)N(c3ccc(N4CCCCC4)cc3)C2=O)cc1. The molecule has 0 bridgehead atoms. The molecule has 2 amide bonds. The summed E-state index contributed by atoms with van der Waals surface area (Å²) in [6.07, 6.45) is 4.56. The number of rotatable bonds is 6. The number of amides is 2. The molecule has 0 saturated carbocycles. The van der Waals surface area contributed by atoms with Crippen molar-refractivity contribution in [2.45, 2.75) is 32.6 Å². The molecule has 0 unspecified atom stereocenters. The standard InChI is InChI=1S/C24H25ClN2O3/c1-2-16-30-20-12-6-17(7-13-20)21-22(25)24(29)27(23(21)28)19-10-8-18(9-11-19)26-14-4-3-5-15-26/h6-13H,2-5,14-16H2,1H3. The molecular formula is C24H25ClN2O3. The highest BCUT2D eigenvalue weighted by Gasteiger charge is 2.39. The van der Waals surface area contributed by atoms with Crippen LogP contribution in [0.5, 0.6) is 5.75 Å². The number of piperidine rings is 1. The van der Waals surface area contributed by atoms with E-state index < -0.39 is 11.8 Å². The van der Waals surface area contributed by atoms with Crippen LogP contribution in [0, 0.1) is 0 Å². The van der Waals surface area contributed by atoms with Gasteiger partial charge in [0.05, 0.1) is 17.9 Å². The van der Waals surface area contributed by atoms with Gasteiger partial charge in [0.1, 0.15) is 10.8 Å². The summed E-state index contributed by atoms with van der Waals surface area (Å²) in [5, 5.41) is -0.0534. The Bertz CT molecular complexity index is 961. The van der Waals surface area contributed by atoms with Gasteiger partial charge in [0, 0.05) is 18.8 Å². The Morgan fingerprint density at radius 3 is 2.13 bits per heavy atom. The summed E-state index contributed by atoms with van der Waals surface area (Å²) >= 11 is 6.31. The van der Waals surface area contributed by atoms with Gasteiger partial charge in [0.25, 0.3) is 11.8 Å². The zero-order valence-electron chi connectivity index (χ0n) is 17.1. The van der Waals surface area contributed by atoms with Gasteiger partial charge in [-0.05, 0) is 67.6 Å². The second-order valence-electron chi connectivity index (χ2n) is 7.57. The molecule has 2 aliphatic rings. The van der Waals surface area contributed by atoms with Crippen molar-refractivity contribution in [3.63, 3.8) is 0 Å². The maximum Gasteiger partial charge on any atom is 0.277 e. The van der Waals surface area contributed by atoms with Crippen LogP contribution < -0.4 is 14.5 Å². The van der Waals surface area contributed by atoms with Gasteiger partial charge < -0.3 is 9.64 Å². The lowest BCUT2D eigenvalue weighted by Gasteiger charge is -2.29. The normalized spacial score (nSPS) is 17.1. The van der Waals surface area contributed by atoms with Crippen LogP contribution in [-0.2, 0) is 9.59 Å². The Hall–Kier alpha value is -2.79. The number of carbonyl (C=O) groups excluding carboxylic acids is 2. The topological polar surface area (TPSA) is 49.9 Å². The minimum Gasteiger partial charge on any atom is -0.494 e. The first-order chi connectivity index (χ1) is 14.6. The first-order valence-corrected chi connectivity index (χ1v) is 10.8. The molecule has 0 N–H and O–H groups in total. The highest BCUT2D eigenvalue weighted by Crippen LogP contribution is 2.36. The molecule has 2 aromatic rings. The molecule has 0 radical (unpaired) electrons. The van der Waals surface area contributed by atoms with Crippen molar-refractivity contribution in [3.8, 4) is 5.75 Å². The third-order valence-corrected chi connectivity index (χ3v) is 5.82. The molecule has 156 valence electrons. The number of nitrogens with zero attached hydrogens (tertiary/aromatic N) is 2. The van der Waals surface area contributed by atoms with E-state index in [-0.39, 0.29) is 10.6 Å². The van der Waals surface area contributed by atoms with Crippen molar-refractivity contribution in [1.82, 2.24) is 0 Å². The predicted octanol–water partition coefficient (Wildman–Crippen LogP) is 4.99.